The number of thiazole rings is 1. The van der Waals surface area contributed by atoms with E-state index in [1.165, 1.54) is 41.5 Å². The third kappa shape index (κ3) is 2.54. The van der Waals surface area contributed by atoms with Crippen LogP contribution in [0.1, 0.15) is 42.7 Å². The maximum Gasteiger partial charge on any atom is 0.185 e. The molecule has 18 heavy (non-hydrogen) atoms. The van der Waals surface area contributed by atoms with Crippen LogP contribution in [0, 0.1) is 11.8 Å². The summed E-state index contributed by atoms with van der Waals surface area (Å²) < 4.78 is 0. The summed E-state index contributed by atoms with van der Waals surface area (Å²) in [6.07, 6.45) is 4.07. The molecule has 3 nitrogen and oxygen atoms in total. The van der Waals surface area contributed by atoms with Crippen molar-refractivity contribution >= 4 is 16.5 Å². The van der Waals surface area contributed by atoms with Crippen LogP contribution in [0.2, 0.25) is 0 Å². The highest BCUT2D eigenvalue weighted by atomic mass is 32.1. The molecule has 1 N–H and O–H groups in total. The Bertz CT molecular complexity index is 425. The summed E-state index contributed by atoms with van der Waals surface area (Å²) in [4.78, 5) is 8.72. The van der Waals surface area contributed by atoms with Gasteiger partial charge in [-0.1, -0.05) is 6.92 Å². The van der Waals surface area contributed by atoms with Gasteiger partial charge >= 0.3 is 0 Å². The summed E-state index contributed by atoms with van der Waals surface area (Å²) in [5.41, 5.74) is 1.38. The molecule has 100 valence electrons. The molecule has 4 heteroatoms. The van der Waals surface area contributed by atoms with Crippen molar-refractivity contribution in [2.75, 3.05) is 25.5 Å². The Hall–Kier alpha value is -0.610. The van der Waals surface area contributed by atoms with Crippen LogP contribution >= 0.6 is 11.3 Å². The molecule has 2 saturated carbocycles. The first-order chi connectivity index (χ1) is 8.69. The van der Waals surface area contributed by atoms with Crippen molar-refractivity contribution in [3.63, 3.8) is 0 Å². The second-order valence-electron chi connectivity index (χ2n) is 5.96. The van der Waals surface area contributed by atoms with Crippen LogP contribution < -0.4 is 10.2 Å². The van der Waals surface area contributed by atoms with Crippen molar-refractivity contribution in [1.29, 1.82) is 0 Å². The van der Waals surface area contributed by atoms with E-state index in [4.69, 9.17) is 4.98 Å². The van der Waals surface area contributed by atoms with Gasteiger partial charge in [0.1, 0.15) is 0 Å². The summed E-state index contributed by atoms with van der Waals surface area (Å²) in [6.45, 7) is 4.50. The third-order valence-electron chi connectivity index (χ3n) is 4.13. The lowest BCUT2D eigenvalue weighted by molar-refractivity contribution is 0.722. The molecule has 0 radical (unpaired) electrons. The van der Waals surface area contributed by atoms with Crippen LogP contribution in [0.3, 0.4) is 0 Å². The number of hydrogen-bond acceptors (Lipinski definition) is 4. The van der Waals surface area contributed by atoms with Crippen LogP contribution in [0.5, 0.6) is 0 Å². The van der Waals surface area contributed by atoms with Gasteiger partial charge in [-0.05, 0) is 38.1 Å². The minimum Gasteiger partial charge on any atom is -0.351 e. The molecule has 1 aromatic rings. The predicted octanol–water partition coefficient (Wildman–Crippen LogP) is 2.83. The van der Waals surface area contributed by atoms with Crippen molar-refractivity contribution in [1.82, 2.24) is 10.3 Å². The number of anilines is 1. The maximum absolute atomic E-state index is 4.90. The monoisotopic (exact) mass is 265 g/mol. The quantitative estimate of drug-likeness (QED) is 0.857. The second kappa shape index (κ2) is 4.82. The van der Waals surface area contributed by atoms with Crippen LogP contribution in [-0.4, -0.2) is 25.6 Å². The summed E-state index contributed by atoms with van der Waals surface area (Å²) in [6, 6.07) is 0. The van der Waals surface area contributed by atoms with Crippen LogP contribution in [0.15, 0.2) is 0 Å². The molecule has 0 bridgehead atoms. The van der Waals surface area contributed by atoms with Gasteiger partial charge in [0.2, 0.25) is 0 Å². The van der Waals surface area contributed by atoms with Gasteiger partial charge in [-0.2, -0.15) is 0 Å². The molecule has 2 unspecified atom stereocenters. The summed E-state index contributed by atoms with van der Waals surface area (Å²) in [5.74, 6) is 2.58. The molecule has 3 rings (SSSR count). The minimum atomic E-state index is 0.756. The van der Waals surface area contributed by atoms with Crippen LogP contribution in [0.25, 0.3) is 0 Å². The SMILES string of the molecule is CNCc1sc(N(C)CC2CC2C)nc1C1CC1. The topological polar surface area (TPSA) is 28.2 Å². The van der Waals surface area contributed by atoms with Crippen molar-refractivity contribution in [3.05, 3.63) is 10.6 Å². The lowest BCUT2D eigenvalue weighted by Crippen LogP contribution is -2.20. The van der Waals surface area contributed by atoms with Gasteiger partial charge in [0.15, 0.2) is 5.13 Å². The van der Waals surface area contributed by atoms with Crippen LogP contribution in [-0.2, 0) is 6.54 Å². The van der Waals surface area contributed by atoms with E-state index in [1.54, 1.807) is 0 Å². The Balaban J connectivity index is 1.72. The molecule has 0 aliphatic heterocycles. The third-order valence-corrected chi connectivity index (χ3v) is 5.31. The molecule has 2 atom stereocenters. The van der Waals surface area contributed by atoms with E-state index in [1.807, 2.05) is 18.4 Å². The van der Waals surface area contributed by atoms with E-state index < -0.39 is 0 Å². The van der Waals surface area contributed by atoms with E-state index in [0.29, 0.717) is 0 Å². The number of aromatic nitrogens is 1. The van der Waals surface area contributed by atoms with E-state index in [-0.39, 0.29) is 0 Å². The highest BCUT2D eigenvalue weighted by Gasteiger charge is 2.34. The zero-order chi connectivity index (χ0) is 12.7. The van der Waals surface area contributed by atoms with Crippen molar-refractivity contribution in [2.24, 2.45) is 11.8 Å². The molecular weight excluding hydrogens is 242 g/mol. The first-order valence-corrected chi connectivity index (χ1v) is 7.86. The number of nitrogens with one attached hydrogen (secondary N) is 1. The van der Waals surface area contributed by atoms with Crippen molar-refractivity contribution in [3.8, 4) is 0 Å². The van der Waals surface area contributed by atoms with Crippen molar-refractivity contribution in [2.45, 2.75) is 38.6 Å². The Kier molecular flexibility index (Phi) is 3.32. The van der Waals surface area contributed by atoms with E-state index in [2.05, 4.69) is 24.2 Å². The second-order valence-corrected chi connectivity index (χ2v) is 7.03. The first-order valence-electron chi connectivity index (χ1n) is 7.04. The highest BCUT2D eigenvalue weighted by molar-refractivity contribution is 7.15. The van der Waals surface area contributed by atoms with Crippen molar-refractivity contribution < 1.29 is 0 Å². The van der Waals surface area contributed by atoms with E-state index in [9.17, 15) is 0 Å². The molecule has 1 aromatic heterocycles. The number of rotatable bonds is 6. The predicted molar refractivity (Wildman–Crippen MR) is 77.4 cm³/mol. The fourth-order valence-electron chi connectivity index (χ4n) is 2.56. The highest BCUT2D eigenvalue weighted by Crippen LogP contribution is 2.45. The Morgan fingerprint density at radius 1 is 1.44 bits per heavy atom. The molecule has 2 fully saturated rings. The molecule has 2 aliphatic carbocycles. The zero-order valence-electron chi connectivity index (χ0n) is 11.6. The zero-order valence-corrected chi connectivity index (χ0v) is 12.4. The van der Waals surface area contributed by atoms with E-state index in [0.717, 1.165) is 24.3 Å². The normalized spacial score (nSPS) is 26.4. The first kappa shape index (κ1) is 12.4. The molecule has 1 heterocycles. The fourth-order valence-corrected chi connectivity index (χ4v) is 3.69. The van der Waals surface area contributed by atoms with Crippen LogP contribution in [0.4, 0.5) is 5.13 Å². The smallest absolute Gasteiger partial charge is 0.185 e. The Morgan fingerprint density at radius 2 is 2.17 bits per heavy atom. The lowest BCUT2D eigenvalue weighted by atomic mass is 10.2. The maximum atomic E-state index is 4.90. The molecular formula is C14H23N3S. The van der Waals surface area contributed by atoms with Gasteiger partial charge in [0.05, 0.1) is 5.69 Å². The number of nitrogens with zero attached hydrogens (tertiary/aromatic N) is 2. The number of hydrogen-bond donors (Lipinski definition) is 1. The molecule has 0 amide bonds. The van der Waals surface area contributed by atoms with Gasteiger partial charge in [-0.25, -0.2) is 4.98 Å². The Labute approximate surface area is 114 Å². The standard InChI is InChI=1S/C14H23N3S/c1-9-6-11(9)8-17(3)14-16-13(10-4-5-10)12(18-14)7-15-2/h9-11,15H,4-8H2,1-3H3. The largest absolute Gasteiger partial charge is 0.351 e. The molecule has 0 aromatic carbocycles. The lowest BCUT2D eigenvalue weighted by Gasteiger charge is -2.15. The van der Waals surface area contributed by atoms with Gasteiger partial charge in [0.25, 0.3) is 0 Å². The van der Waals surface area contributed by atoms with Gasteiger partial charge in [-0.15, -0.1) is 11.3 Å². The Morgan fingerprint density at radius 3 is 2.72 bits per heavy atom. The minimum absolute atomic E-state index is 0.756. The average Bonchev–Trinajstić information content (AvgIpc) is 3.24. The molecule has 2 aliphatic rings. The molecule has 0 saturated heterocycles. The molecule has 0 spiro atoms. The summed E-state index contributed by atoms with van der Waals surface area (Å²) in [7, 11) is 4.22. The fraction of sp³-hybridized carbons (Fsp3) is 0.786. The van der Waals surface area contributed by atoms with Gasteiger partial charge in [0, 0.05) is 30.9 Å². The summed E-state index contributed by atoms with van der Waals surface area (Å²) >= 11 is 1.88. The average molecular weight is 265 g/mol. The van der Waals surface area contributed by atoms with Gasteiger partial charge in [-0.3, -0.25) is 0 Å². The van der Waals surface area contributed by atoms with Gasteiger partial charge < -0.3 is 10.2 Å². The van der Waals surface area contributed by atoms with E-state index >= 15 is 0 Å². The summed E-state index contributed by atoms with van der Waals surface area (Å²) in [5, 5.41) is 4.49.